The Bertz CT molecular complexity index is 1530. The minimum Gasteiger partial charge on any atom is -0.382 e. The molecule has 0 aliphatic carbocycles. The summed E-state index contributed by atoms with van der Waals surface area (Å²) in [4.78, 5) is 30.2. The lowest BCUT2D eigenvalue weighted by Crippen LogP contribution is -2.29. The maximum absolute atomic E-state index is 14.4. The molecule has 34 heavy (non-hydrogen) atoms. The van der Waals surface area contributed by atoms with Gasteiger partial charge in [0.1, 0.15) is 29.1 Å². The smallest absolute Gasteiger partial charge is 0.267 e. The molecular formula is C22H19ClFN9O. The highest BCUT2D eigenvalue weighted by Crippen LogP contribution is 2.29. The van der Waals surface area contributed by atoms with Crippen molar-refractivity contribution in [3.8, 4) is 11.8 Å². The van der Waals surface area contributed by atoms with Crippen LogP contribution < -0.4 is 22.3 Å². The monoisotopic (exact) mass is 479 g/mol. The van der Waals surface area contributed by atoms with Crippen molar-refractivity contribution in [1.29, 1.82) is 5.26 Å². The molecule has 172 valence electrons. The third kappa shape index (κ3) is 3.84. The molecule has 12 heteroatoms. The van der Waals surface area contributed by atoms with Gasteiger partial charge in [0.15, 0.2) is 5.82 Å². The SMILES string of the molecule is CCC(Nc1nc(N)nc(N)c1C#N)c1nc2cccc(Cl)c2c(=O)n1-c1cncc(F)c1C. The van der Waals surface area contributed by atoms with Crippen molar-refractivity contribution in [3.63, 3.8) is 0 Å². The second-order valence-electron chi connectivity index (χ2n) is 7.42. The molecule has 4 aromatic rings. The predicted molar refractivity (Wildman–Crippen MR) is 127 cm³/mol. The Labute approximate surface area is 198 Å². The first-order chi connectivity index (χ1) is 16.3. The number of hydrogen-bond acceptors (Lipinski definition) is 9. The lowest BCUT2D eigenvalue weighted by Gasteiger charge is -2.23. The van der Waals surface area contributed by atoms with Gasteiger partial charge in [0.05, 0.1) is 40.0 Å². The Balaban J connectivity index is 2.02. The molecular weight excluding hydrogens is 461 g/mol. The van der Waals surface area contributed by atoms with Crippen LogP contribution >= 0.6 is 11.6 Å². The first kappa shape index (κ1) is 22.9. The number of pyridine rings is 1. The van der Waals surface area contributed by atoms with E-state index in [1.807, 2.05) is 13.0 Å². The normalized spacial score (nSPS) is 11.9. The van der Waals surface area contributed by atoms with E-state index in [1.54, 1.807) is 18.2 Å². The van der Waals surface area contributed by atoms with Crippen molar-refractivity contribution < 1.29 is 4.39 Å². The number of nitriles is 1. The molecule has 0 aliphatic rings. The molecule has 3 heterocycles. The first-order valence-electron chi connectivity index (χ1n) is 10.2. The Morgan fingerprint density at radius 2 is 2.03 bits per heavy atom. The summed E-state index contributed by atoms with van der Waals surface area (Å²) >= 11 is 6.32. The number of nitrogens with one attached hydrogen (secondary N) is 1. The van der Waals surface area contributed by atoms with Crippen molar-refractivity contribution in [2.75, 3.05) is 16.8 Å². The summed E-state index contributed by atoms with van der Waals surface area (Å²) in [7, 11) is 0. The van der Waals surface area contributed by atoms with Gasteiger partial charge in [-0.05, 0) is 25.5 Å². The number of aromatic nitrogens is 5. The summed E-state index contributed by atoms with van der Waals surface area (Å²) in [6.45, 7) is 3.38. The van der Waals surface area contributed by atoms with E-state index in [-0.39, 0.29) is 50.6 Å². The van der Waals surface area contributed by atoms with Gasteiger partial charge in [0.25, 0.3) is 5.56 Å². The van der Waals surface area contributed by atoms with Crippen LogP contribution in [0.2, 0.25) is 5.02 Å². The van der Waals surface area contributed by atoms with E-state index < -0.39 is 17.4 Å². The number of halogens is 2. The van der Waals surface area contributed by atoms with Crippen LogP contribution in [0.3, 0.4) is 0 Å². The summed E-state index contributed by atoms with van der Waals surface area (Å²) < 4.78 is 15.7. The summed E-state index contributed by atoms with van der Waals surface area (Å²) in [6.07, 6.45) is 2.84. The number of benzene rings is 1. The van der Waals surface area contributed by atoms with Gasteiger partial charge in [-0.1, -0.05) is 24.6 Å². The molecule has 1 atom stereocenters. The number of nitrogens with two attached hydrogens (primary N) is 2. The first-order valence-corrected chi connectivity index (χ1v) is 10.6. The molecule has 0 saturated carbocycles. The molecule has 1 aromatic carbocycles. The van der Waals surface area contributed by atoms with Crippen LogP contribution in [-0.2, 0) is 0 Å². The fourth-order valence-corrected chi connectivity index (χ4v) is 3.86. The number of anilines is 3. The molecule has 0 fully saturated rings. The highest BCUT2D eigenvalue weighted by Gasteiger charge is 2.25. The molecule has 0 radical (unpaired) electrons. The predicted octanol–water partition coefficient (Wildman–Crippen LogP) is 3.27. The van der Waals surface area contributed by atoms with Crippen LogP contribution in [0.25, 0.3) is 16.6 Å². The second kappa shape index (κ2) is 8.92. The molecule has 0 saturated heterocycles. The van der Waals surface area contributed by atoms with Crippen LogP contribution in [0.15, 0.2) is 35.4 Å². The highest BCUT2D eigenvalue weighted by atomic mass is 35.5. The highest BCUT2D eigenvalue weighted by molar-refractivity contribution is 6.35. The molecule has 0 bridgehead atoms. The average Bonchev–Trinajstić information content (AvgIpc) is 2.79. The second-order valence-corrected chi connectivity index (χ2v) is 7.82. The van der Waals surface area contributed by atoms with E-state index in [0.29, 0.717) is 11.9 Å². The third-order valence-corrected chi connectivity index (χ3v) is 5.65. The van der Waals surface area contributed by atoms with Crippen molar-refractivity contribution >= 4 is 40.1 Å². The summed E-state index contributed by atoms with van der Waals surface area (Å²) in [6, 6.07) is 6.19. The van der Waals surface area contributed by atoms with E-state index in [0.717, 1.165) is 6.20 Å². The maximum atomic E-state index is 14.4. The zero-order valence-corrected chi connectivity index (χ0v) is 18.9. The maximum Gasteiger partial charge on any atom is 0.267 e. The van der Waals surface area contributed by atoms with E-state index in [1.165, 1.54) is 17.7 Å². The largest absolute Gasteiger partial charge is 0.382 e. The average molecular weight is 480 g/mol. The number of hydrogen-bond donors (Lipinski definition) is 3. The van der Waals surface area contributed by atoms with Crippen molar-refractivity contribution in [1.82, 2.24) is 24.5 Å². The molecule has 5 N–H and O–H groups in total. The molecule has 10 nitrogen and oxygen atoms in total. The van der Waals surface area contributed by atoms with Gasteiger partial charge in [0.2, 0.25) is 5.95 Å². The minimum absolute atomic E-state index is 0.00557. The number of nitrogen functional groups attached to an aromatic ring is 2. The number of fused-ring (bicyclic) bond motifs is 1. The van der Waals surface area contributed by atoms with Gasteiger partial charge in [-0.25, -0.2) is 9.37 Å². The zero-order valence-electron chi connectivity index (χ0n) is 18.2. The van der Waals surface area contributed by atoms with E-state index in [9.17, 15) is 14.4 Å². The van der Waals surface area contributed by atoms with Crippen LogP contribution in [0.5, 0.6) is 0 Å². The van der Waals surface area contributed by atoms with E-state index in [4.69, 9.17) is 23.1 Å². The fourth-order valence-electron chi connectivity index (χ4n) is 3.61. The van der Waals surface area contributed by atoms with Gasteiger partial charge < -0.3 is 16.8 Å². The van der Waals surface area contributed by atoms with Crippen molar-refractivity contribution in [2.45, 2.75) is 26.3 Å². The Morgan fingerprint density at radius 1 is 1.26 bits per heavy atom. The van der Waals surface area contributed by atoms with Crippen molar-refractivity contribution in [2.24, 2.45) is 0 Å². The fraction of sp³-hybridized carbons (Fsp3) is 0.182. The Hall–Kier alpha value is -4.30. The number of nitrogens with zero attached hydrogens (tertiary/aromatic N) is 6. The van der Waals surface area contributed by atoms with Crippen LogP contribution in [0.4, 0.5) is 22.0 Å². The van der Waals surface area contributed by atoms with Gasteiger partial charge in [-0.2, -0.15) is 15.2 Å². The van der Waals surface area contributed by atoms with Gasteiger partial charge in [-0.3, -0.25) is 14.3 Å². The van der Waals surface area contributed by atoms with Crippen LogP contribution in [0, 0.1) is 24.1 Å². The quantitative estimate of drug-likeness (QED) is 0.390. The minimum atomic E-state index is -0.667. The van der Waals surface area contributed by atoms with Crippen molar-refractivity contribution in [3.05, 3.63) is 68.7 Å². The lowest BCUT2D eigenvalue weighted by atomic mass is 10.1. The topological polar surface area (TPSA) is 161 Å². The summed E-state index contributed by atoms with van der Waals surface area (Å²) in [5, 5.41) is 13.0. The molecule has 0 amide bonds. The zero-order chi connectivity index (χ0) is 24.6. The third-order valence-electron chi connectivity index (χ3n) is 5.34. The summed E-state index contributed by atoms with van der Waals surface area (Å²) in [5.41, 5.74) is 11.8. The Morgan fingerprint density at radius 3 is 2.74 bits per heavy atom. The van der Waals surface area contributed by atoms with Gasteiger partial charge >= 0.3 is 0 Å². The van der Waals surface area contributed by atoms with E-state index >= 15 is 0 Å². The molecule has 1 unspecified atom stereocenters. The molecule has 4 rings (SSSR count). The van der Waals surface area contributed by atoms with E-state index in [2.05, 4.69) is 25.3 Å². The van der Waals surface area contributed by atoms with Gasteiger partial charge in [0, 0.05) is 5.56 Å². The molecule has 0 aliphatic heterocycles. The standard InChI is InChI=1S/C22H19ClFN9O/c1-3-14(29-19-11(7-25)18(26)31-22(27)32-19)20-30-15-6-4-5-12(23)17(15)21(34)33(20)16-9-28-8-13(24)10(16)2/h4-6,8-9,14H,3H2,1-2H3,(H5,26,27,29,31,32). The van der Waals surface area contributed by atoms with Crippen LogP contribution in [-0.4, -0.2) is 24.5 Å². The lowest BCUT2D eigenvalue weighted by molar-refractivity contribution is 0.605. The Kier molecular flexibility index (Phi) is 6.00. The van der Waals surface area contributed by atoms with Crippen LogP contribution in [0.1, 0.15) is 36.3 Å². The summed E-state index contributed by atoms with van der Waals surface area (Å²) in [5.74, 6) is -0.487. The number of rotatable bonds is 5. The van der Waals surface area contributed by atoms with Gasteiger partial charge in [-0.15, -0.1) is 0 Å². The molecule has 0 spiro atoms. The molecule has 3 aromatic heterocycles.